The molecule has 2 rings (SSSR count). The number of nitrogens with zero attached hydrogens (tertiary/aromatic N) is 1. The van der Waals surface area contributed by atoms with Gasteiger partial charge in [-0.05, 0) is 18.2 Å². The molecule has 0 radical (unpaired) electrons. The van der Waals surface area contributed by atoms with Crippen LogP contribution in [-0.2, 0) is 9.59 Å². The molecule has 1 aliphatic heterocycles. The number of hydrogen-bond donors (Lipinski definition) is 0. The summed E-state index contributed by atoms with van der Waals surface area (Å²) in [7, 11) is 0. The molecule has 82 valence electrons. The van der Waals surface area contributed by atoms with E-state index in [2.05, 4.69) is 0 Å². The zero-order valence-electron chi connectivity index (χ0n) is 8.27. The molecule has 4 nitrogen and oxygen atoms in total. The summed E-state index contributed by atoms with van der Waals surface area (Å²) in [4.78, 5) is 34.4. The molecule has 0 N–H and O–H groups in total. The standard InChI is InChI=1S/C11H8FNO3/c12-7-2-3-9-8(6-7)10(15)11(16)13(9)4-1-5-14/h2-3,5-6H,1,4H2. The first-order chi connectivity index (χ1) is 7.65. The van der Waals surface area contributed by atoms with E-state index in [9.17, 15) is 18.8 Å². The Morgan fingerprint density at radius 2 is 2.06 bits per heavy atom. The average Bonchev–Trinajstić information content (AvgIpc) is 2.50. The van der Waals surface area contributed by atoms with Gasteiger partial charge in [-0.15, -0.1) is 0 Å². The van der Waals surface area contributed by atoms with Crippen molar-refractivity contribution in [2.45, 2.75) is 6.42 Å². The third kappa shape index (κ3) is 1.50. The summed E-state index contributed by atoms with van der Waals surface area (Å²) in [6.45, 7) is 0.146. The Balaban J connectivity index is 2.41. The van der Waals surface area contributed by atoms with Crippen LogP contribution in [0.3, 0.4) is 0 Å². The molecule has 0 fully saturated rings. The van der Waals surface area contributed by atoms with Crippen molar-refractivity contribution in [1.82, 2.24) is 0 Å². The normalized spacial score (nSPS) is 14.2. The van der Waals surface area contributed by atoms with Crippen molar-refractivity contribution in [1.29, 1.82) is 0 Å². The van der Waals surface area contributed by atoms with Crippen molar-refractivity contribution in [3.05, 3.63) is 29.6 Å². The summed E-state index contributed by atoms with van der Waals surface area (Å²) in [6.07, 6.45) is 0.815. The molecule has 16 heavy (non-hydrogen) atoms. The number of rotatable bonds is 3. The van der Waals surface area contributed by atoms with Crippen LogP contribution in [0, 0.1) is 5.82 Å². The first kappa shape index (κ1) is 10.5. The lowest BCUT2D eigenvalue weighted by Crippen LogP contribution is -2.30. The number of carbonyl (C=O) groups is 3. The van der Waals surface area contributed by atoms with Crippen molar-refractivity contribution < 1.29 is 18.8 Å². The van der Waals surface area contributed by atoms with Gasteiger partial charge in [-0.3, -0.25) is 9.59 Å². The highest BCUT2D eigenvalue weighted by Crippen LogP contribution is 2.29. The lowest BCUT2D eigenvalue weighted by Gasteiger charge is -2.14. The third-order valence-corrected chi connectivity index (χ3v) is 2.40. The molecule has 1 heterocycles. The van der Waals surface area contributed by atoms with Gasteiger partial charge in [-0.1, -0.05) is 0 Å². The van der Waals surface area contributed by atoms with Gasteiger partial charge in [-0.2, -0.15) is 0 Å². The zero-order chi connectivity index (χ0) is 11.7. The molecular formula is C11H8FNO3. The fourth-order valence-corrected chi connectivity index (χ4v) is 1.68. The van der Waals surface area contributed by atoms with Crippen molar-refractivity contribution in [3.63, 3.8) is 0 Å². The molecule has 0 saturated carbocycles. The highest BCUT2D eigenvalue weighted by atomic mass is 19.1. The number of hydrogen-bond acceptors (Lipinski definition) is 3. The number of anilines is 1. The van der Waals surface area contributed by atoms with Gasteiger partial charge in [0.1, 0.15) is 12.1 Å². The van der Waals surface area contributed by atoms with E-state index in [0.717, 1.165) is 6.07 Å². The molecule has 0 saturated heterocycles. The van der Waals surface area contributed by atoms with Gasteiger partial charge in [0, 0.05) is 13.0 Å². The number of benzene rings is 1. The second kappa shape index (κ2) is 3.84. The van der Waals surface area contributed by atoms with Crippen LogP contribution in [-0.4, -0.2) is 24.5 Å². The summed E-state index contributed by atoms with van der Waals surface area (Å²) in [5, 5.41) is 0. The largest absolute Gasteiger partial charge is 0.304 e. The molecule has 1 aromatic carbocycles. The van der Waals surface area contributed by atoms with Gasteiger partial charge in [0.05, 0.1) is 11.3 Å². The Morgan fingerprint density at radius 3 is 2.75 bits per heavy atom. The molecule has 0 unspecified atom stereocenters. The predicted octanol–water partition coefficient (Wildman–Crippen LogP) is 0.944. The monoisotopic (exact) mass is 221 g/mol. The minimum absolute atomic E-state index is 0.0656. The van der Waals surface area contributed by atoms with Crippen molar-refractivity contribution in [2.75, 3.05) is 11.4 Å². The van der Waals surface area contributed by atoms with E-state index in [-0.39, 0.29) is 18.5 Å². The van der Waals surface area contributed by atoms with Gasteiger partial charge in [0.15, 0.2) is 0 Å². The highest BCUT2D eigenvalue weighted by molar-refractivity contribution is 6.52. The van der Waals surface area contributed by atoms with E-state index in [1.165, 1.54) is 17.0 Å². The summed E-state index contributed by atoms with van der Waals surface area (Å²) < 4.78 is 12.9. The van der Waals surface area contributed by atoms with E-state index < -0.39 is 17.5 Å². The van der Waals surface area contributed by atoms with Crippen LogP contribution in [0.15, 0.2) is 18.2 Å². The number of amides is 1. The van der Waals surface area contributed by atoms with Gasteiger partial charge in [0.2, 0.25) is 0 Å². The van der Waals surface area contributed by atoms with Crippen LogP contribution in [0.25, 0.3) is 0 Å². The van der Waals surface area contributed by atoms with E-state index in [4.69, 9.17) is 0 Å². The highest BCUT2D eigenvalue weighted by Gasteiger charge is 2.35. The van der Waals surface area contributed by atoms with E-state index in [0.29, 0.717) is 12.0 Å². The Kier molecular flexibility index (Phi) is 2.52. The molecular weight excluding hydrogens is 213 g/mol. The average molecular weight is 221 g/mol. The van der Waals surface area contributed by atoms with E-state index >= 15 is 0 Å². The van der Waals surface area contributed by atoms with Crippen LogP contribution >= 0.6 is 0 Å². The molecule has 5 heteroatoms. The smallest absolute Gasteiger partial charge is 0.299 e. The Hall–Kier alpha value is -2.04. The number of halogens is 1. The van der Waals surface area contributed by atoms with Crippen LogP contribution in [0.1, 0.15) is 16.8 Å². The Morgan fingerprint density at radius 1 is 1.31 bits per heavy atom. The van der Waals surface area contributed by atoms with E-state index in [1.807, 2.05) is 0 Å². The lowest BCUT2D eigenvalue weighted by atomic mass is 10.1. The quantitative estimate of drug-likeness (QED) is 0.564. The van der Waals surface area contributed by atoms with Gasteiger partial charge in [0.25, 0.3) is 11.7 Å². The van der Waals surface area contributed by atoms with Crippen LogP contribution in [0.2, 0.25) is 0 Å². The minimum atomic E-state index is -0.722. The van der Waals surface area contributed by atoms with Gasteiger partial charge < -0.3 is 9.69 Å². The molecule has 1 amide bonds. The van der Waals surface area contributed by atoms with Crippen LogP contribution in [0.5, 0.6) is 0 Å². The second-order valence-corrected chi connectivity index (χ2v) is 3.40. The molecule has 0 spiro atoms. The molecule has 1 aliphatic rings. The summed E-state index contributed by atoms with van der Waals surface area (Å²) >= 11 is 0. The Labute approximate surface area is 90.7 Å². The number of ketones is 1. The fourth-order valence-electron chi connectivity index (χ4n) is 1.68. The van der Waals surface area contributed by atoms with E-state index in [1.54, 1.807) is 0 Å². The summed E-state index contributed by atoms with van der Waals surface area (Å²) in [5.74, 6) is -1.99. The topological polar surface area (TPSA) is 54.5 Å². The third-order valence-electron chi connectivity index (χ3n) is 2.40. The molecule has 0 atom stereocenters. The maximum atomic E-state index is 12.9. The molecule has 1 aromatic rings. The first-order valence-electron chi connectivity index (χ1n) is 4.74. The van der Waals surface area contributed by atoms with Crippen molar-refractivity contribution in [3.8, 4) is 0 Å². The maximum Gasteiger partial charge on any atom is 0.299 e. The number of Topliss-reactive ketones (excluding diaryl/α,β-unsaturated/α-hetero) is 1. The molecule has 0 aromatic heterocycles. The van der Waals surface area contributed by atoms with Crippen molar-refractivity contribution in [2.24, 2.45) is 0 Å². The molecule has 0 aliphatic carbocycles. The molecule has 0 bridgehead atoms. The fraction of sp³-hybridized carbons (Fsp3) is 0.182. The van der Waals surface area contributed by atoms with Crippen LogP contribution < -0.4 is 4.90 Å². The minimum Gasteiger partial charge on any atom is -0.304 e. The number of aldehydes is 1. The number of carbonyl (C=O) groups excluding carboxylic acids is 3. The SMILES string of the molecule is O=CCCN1C(=O)C(=O)c2cc(F)ccc21. The number of fused-ring (bicyclic) bond motifs is 1. The first-order valence-corrected chi connectivity index (χ1v) is 4.74. The Bertz CT molecular complexity index is 484. The van der Waals surface area contributed by atoms with Gasteiger partial charge in [-0.25, -0.2) is 4.39 Å². The van der Waals surface area contributed by atoms with Crippen LogP contribution in [0.4, 0.5) is 10.1 Å². The summed E-state index contributed by atoms with van der Waals surface area (Å²) in [5.41, 5.74) is 0.439. The second-order valence-electron chi connectivity index (χ2n) is 3.40. The summed E-state index contributed by atoms with van der Waals surface area (Å²) in [6, 6.07) is 3.59. The zero-order valence-corrected chi connectivity index (χ0v) is 8.27. The maximum absolute atomic E-state index is 12.9. The van der Waals surface area contributed by atoms with Gasteiger partial charge >= 0.3 is 0 Å². The predicted molar refractivity (Wildman–Crippen MR) is 53.8 cm³/mol. The lowest BCUT2D eigenvalue weighted by molar-refractivity contribution is -0.114. The van der Waals surface area contributed by atoms with Crippen molar-refractivity contribution >= 4 is 23.7 Å².